The number of β-amino-alcohol motifs (C(OH)–C–C–N with tert-alkyl or cyclic N) is 1. The first-order valence-electron chi connectivity index (χ1n) is 8.60. The van der Waals surface area contributed by atoms with Gasteiger partial charge in [-0.1, -0.05) is 18.5 Å². The zero-order chi connectivity index (χ0) is 18.0. The number of carbonyl (C=O) groups excluding carboxylic acids is 2. The molecule has 3 rings (SSSR count). The van der Waals surface area contributed by atoms with Crippen LogP contribution in [-0.2, 0) is 4.79 Å². The molecule has 1 aromatic rings. The largest absolute Gasteiger partial charge is 0.491 e. The van der Waals surface area contributed by atoms with E-state index in [9.17, 15) is 14.7 Å². The van der Waals surface area contributed by atoms with Crippen LogP contribution >= 0.6 is 11.6 Å². The lowest BCUT2D eigenvalue weighted by molar-refractivity contribution is -0.133. The van der Waals surface area contributed by atoms with Crippen molar-refractivity contribution in [3.8, 4) is 5.75 Å². The molecule has 2 N–H and O–H groups in total. The van der Waals surface area contributed by atoms with E-state index in [-0.39, 0.29) is 19.1 Å². The Kier molecular flexibility index (Phi) is 5.20. The number of nitrogens with one attached hydrogen (secondary N) is 1. The van der Waals surface area contributed by atoms with Gasteiger partial charge in [0.15, 0.2) is 0 Å². The Bertz CT molecular complexity index is 641. The van der Waals surface area contributed by atoms with Crippen LogP contribution in [0.4, 0.5) is 4.79 Å². The van der Waals surface area contributed by atoms with Crippen molar-refractivity contribution in [2.24, 2.45) is 5.92 Å². The summed E-state index contributed by atoms with van der Waals surface area (Å²) in [6.45, 7) is 2.07. The summed E-state index contributed by atoms with van der Waals surface area (Å²) in [5, 5.41) is 13.6. The van der Waals surface area contributed by atoms with Crippen LogP contribution in [0.3, 0.4) is 0 Å². The van der Waals surface area contributed by atoms with E-state index in [0.29, 0.717) is 29.5 Å². The zero-order valence-corrected chi connectivity index (χ0v) is 15.0. The number of hydrogen-bond acceptors (Lipinski definition) is 4. The van der Waals surface area contributed by atoms with E-state index in [1.54, 1.807) is 24.3 Å². The first kappa shape index (κ1) is 18.0. The monoisotopic (exact) mass is 366 g/mol. The lowest BCUT2D eigenvalue weighted by Crippen LogP contribution is -2.49. The molecule has 1 atom stereocenters. The maximum absolute atomic E-state index is 12.7. The fraction of sp³-hybridized carbons (Fsp3) is 0.556. The molecule has 2 fully saturated rings. The summed E-state index contributed by atoms with van der Waals surface area (Å²) in [7, 11) is 0. The van der Waals surface area contributed by atoms with Crippen LogP contribution in [0, 0.1) is 5.92 Å². The number of hydrogen-bond donors (Lipinski definition) is 2. The second-order valence-corrected chi connectivity index (χ2v) is 7.47. The highest BCUT2D eigenvalue weighted by atomic mass is 35.5. The molecule has 6 nitrogen and oxygen atoms in total. The molecule has 136 valence electrons. The topological polar surface area (TPSA) is 78.9 Å². The van der Waals surface area contributed by atoms with Crippen molar-refractivity contribution < 1.29 is 19.4 Å². The van der Waals surface area contributed by atoms with Crippen LogP contribution in [0.1, 0.15) is 32.6 Å². The molecule has 2 aliphatic rings. The van der Waals surface area contributed by atoms with E-state index in [1.807, 2.05) is 0 Å². The van der Waals surface area contributed by atoms with E-state index in [4.69, 9.17) is 16.3 Å². The van der Waals surface area contributed by atoms with E-state index in [0.717, 1.165) is 17.7 Å². The van der Waals surface area contributed by atoms with E-state index in [1.165, 1.54) is 0 Å². The Hall–Kier alpha value is -1.79. The molecule has 1 aliphatic carbocycles. The number of carbonyl (C=O) groups is 2. The van der Waals surface area contributed by atoms with Crippen molar-refractivity contribution in [1.82, 2.24) is 10.2 Å². The molecule has 0 bridgehead atoms. The van der Waals surface area contributed by atoms with Gasteiger partial charge in [0, 0.05) is 5.02 Å². The van der Waals surface area contributed by atoms with Crippen LogP contribution in [0.5, 0.6) is 5.75 Å². The Morgan fingerprint density at radius 2 is 1.96 bits per heavy atom. The summed E-state index contributed by atoms with van der Waals surface area (Å²) in [4.78, 5) is 26.1. The molecular weight excluding hydrogens is 344 g/mol. The number of imide groups is 1. The maximum Gasteiger partial charge on any atom is 0.325 e. The number of ether oxygens (including phenoxy) is 1. The second-order valence-electron chi connectivity index (χ2n) is 7.03. The highest BCUT2D eigenvalue weighted by Gasteiger charge is 2.52. The first-order chi connectivity index (χ1) is 11.9. The average molecular weight is 367 g/mol. The number of nitrogens with zero attached hydrogens (tertiary/aromatic N) is 1. The lowest BCUT2D eigenvalue weighted by Gasteiger charge is -2.33. The Morgan fingerprint density at radius 1 is 1.32 bits per heavy atom. The molecule has 0 radical (unpaired) electrons. The van der Waals surface area contributed by atoms with Crippen LogP contribution < -0.4 is 10.1 Å². The number of aliphatic hydroxyl groups is 1. The molecule has 1 spiro atoms. The van der Waals surface area contributed by atoms with Crippen molar-refractivity contribution >= 4 is 23.5 Å². The van der Waals surface area contributed by atoms with Crippen LogP contribution in [-0.4, -0.2) is 46.7 Å². The van der Waals surface area contributed by atoms with Crippen LogP contribution in [0.25, 0.3) is 0 Å². The Labute approximate surface area is 152 Å². The van der Waals surface area contributed by atoms with Crippen LogP contribution in [0.15, 0.2) is 24.3 Å². The fourth-order valence-corrected chi connectivity index (χ4v) is 3.55. The summed E-state index contributed by atoms with van der Waals surface area (Å²) in [6, 6.07) is 6.34. The standard InChI is InChI=1S/C18H23ClN2O4/c1-12-6-8-18(9-7-12)16(23)21(17(24)20-18)10-14(22)11-25-15-4-2-13(19)3-5-15/h2-5,12,14,22H,6-11H2,1H3,(H,20,24)/t12?,14-,18?/m0/s1. The molecule has 0 aromatic heterocycles. The fourth-order valence-electron chi connectivity index (χ4n) is 3.42. The lowest BCUT2D eigenvalue weighted by atomic mass is 9.77. The molecule has 1 saturated heterocycles. The van der Waals surface area contributed by atoms with Gasteiger partial charge in [0.1, 0.15) is 24.0 Å². The van der Waals surface area contributed by atoms with Gasteiger partial charge in [-0.05, 0) is 55.9 Å². The minimum atomic E-state index is -0.956. The minimum Gasteiger partial charge on any atom is -0.491 e. The van der Waals surface area contributed by atoms with E-state index in [2.05, 4.69) is 12.2 Å². The summed E-state index contributed by atoms with van der Waals surface area (Å²) in [5.74, 6) is 0.913. The number of amides is 3. The van der Waals surface area contributed by atoms with E-state index >= 15 is 0 Å². The van der Waals surface area contributed by atoms with Gasteiger partial charge >= 0.3 is 6.03 Å². The zero-order valence-electron chi connectivity index (χ0n) is 14.2. The summed E-state index contributed by atoms with van der Waals surface area (Å²) in [6.07, 6.45) is 2.20. The third kappa shape index (κ3) is 3.90. The molecule has 1 heterocycles. The molecule has 1 aromatic carbocycles. The van der Waals surface area contributed by atoms with Crippen molar-refractivity contribution in [1.29, 1.82) is 0 Å². The molecule has 7 heteroatoms. The van der Waals surface area contributed by atoms with Gasteiger partial charge in [-0.3, -0.25) is 9.69 Å². The highest BCUT2D eigenvalue weighted by Crippen LogP contribution is 2.36. The summed E-state index contributed by atoms with van der Waals surface area (Å²) in [5.41, 5.74) is -0.777. The van der Waals surface area contributed by atoms with Gasteiger partial charge < -0.3 is 15.2 Å². The number of urea groups is 1. The minimum absolute atomic E-state index is 0.0112. The van der Waals surface area contributed by atoms with Gasteiger partial charge in [0.25, 0.3) is 5.91 Å². The van der Waals surface area contributed by atoms with Gasteiger partial charge in [0.2, 0.25) is 0 Å². The smallest absolute Gasteiger partial charge is 0.325 e. The third-order valence-electron chi connectivity index (χ3n) is 5.02. The third-order valence-corrected chi connectivity index (χ3v) is 5.28. The molecule has 1 saturated carbocycles. The number of rotatable bonds is 5. The van der Waals surface area contributed by atoms with Crippen molar-refractivity contribution in [2.75, 3.05) is 13.2 Å². The van der Waals surface area contributed by atoms with E-state index < -0.39 is 17.7 Å². The normalized spacial score (nSPS) is 27.5. The number of benzene rings is 1. The quantitative estimate of drug-likeness (QED) is 0.785. The Morgan fingerprint density at radius 3 is 2.60 bits per heavy atom. The molecule has 1 aliphatic heterocycles. The maximum atomic E-state index is 12.7. The predicted octanol–water partition coefficient (Wildman–Crippen LogP) is 2.58. The van der Waals surface area contributed by atoms with Crippen LogP contribution in [0.2, 0.25) is 5.02 Å². The van der Waals surface area contributed by atoms with Crippen molar-refractivity contribution in [3.63, 3.8) is 0 Å². The first-order valence-corrected chi connectivity index (χ1v) is 8.98. The molecule has 0 unspecified atom stereocenters. The van der Waals surface area contributed by atoms with Gasteiger partial charge in [-0.2, -0.15) is 0 Å². The molecular formula is C18H23ClN2O4. The van der Waals surface area contributed by atoms with Crippen molar-refractivity contribution in [3.05, 3.63) is 29.3 Å². The molecule has 3 amide bonds. The SMILES string of the molecule is CC1CCC2(CC1)NC(=O)N(C[C@H](O)COc1ccc(Cl)cc1)C2=O. The summed E-state index contributed by atoms with van der Waals surface area (Å²) >= 11 is 5.81. The predicted molar refractivity (Wildman–Crippen MR) is 93.6 cm³/mol. The van der Waals surface area contributed by atoms with Gasteiger partial charge in [-0.15, -0.1) is 0 Å². The Balaban J connectivity index is 1.55. The number of aliphatic hydroxyl groups excluding tert-OH is 1. The molecule has 25 heavy (non-hydrogen) atoms. The number of halogens is 1. The average Bonchev–Trinajstić information content (AvgIpc) is 2.82. The second kappa shape index (κ2) is 7.22. The summed E-state index contributed by atoms with van der Waals surface area (Å²) < 4.78 is 5.48. The van der Waals surface area contributed by atoms with Gasteiger partial charge in [0.05, 0.1) is 6.54 Å². The van der Waals surface area contributed by atoms with Crippen molar-refractivity contribution in [2.45, 2.75) is 44.2 Å². The highest BCUT2D eigenvalue weighted by molar-refractivity contribution is 6.30. The van der Waals surface area contributed by atoms with Gasteiger partial charge in [-0.25, -0.2) is 4.79 Å².